The number of fused-ring (bicyclic) bond motifs is 3. The Morgan fingerprint density at radius 3 is 2.67 bits per heavy atom. The molecule has 4 nitrogen and oxygen atoms in total. The molecule has 21 heavy (non-hydrogen) atoms. The molecule has 1 saturated carbocycles. The second-order valence-electron chi connectivity index (χ2n) is 6.31. The average molecular weight is 310 g/mol. The van der Waals surface area contributed by atoms with Crippen molar-refractivity contribution in [1.29, 1.82) is 0 Å². The maximum Gasteiger partial charge on any atom is 0.389 e. The molecule has 3 saturated heterocycles. The Morgan fingerprint density at radius 1 is 1.14 bits per heavy atom. The predicted octanol–water partition coefficient (Wildman–Crippen LogP) is 3.70. The number of methoxy groups -OCH3 is 1. The van der Waals surface area contributed by atoms with Crippen LogP contribution in [0.3, 0.4) is 0 Å². The molecule has 0 amide bonds. The van der Waals surface area contributed by atoms with Crippen LogP contribution in [0.5, 0.6) is 0 Å². The van der Waals surface area contributed by atoms with Crippen molar-refractivity contribution in [3.05, 3.63) is 0 Å². The molecule has 0 radical (unpaired) electrons. The highest BCUT2D eigenvalue weighted by atomic mass is 19.4. The molecular weight excluding hydrogens is 289 g/mol. The minimum absolute atomic E-state index is 0.214. The van der Waals surface area contributed by atoms with E-state index in [1.807, 2.05) is 0 Å². The zero-order valence-electron chi connectivity index (χ0n) is 12.1. The fourth-order valence-electron chi connectivity index (χ4n) is 3.86. The van der Waals surface area contributed by atoms with Crippen molar-refractivity contribution in [1.82, 2.24) is 0 Å². The predicted molar refractivity (Wildman–Crippen MR) is 66.0 cm³/mol. The van der Waals surface area contributed by atoms with E-state index in [9.17, 15) is 13.2 Å². The molecule has 0 aromatic heterocycles. The maximum atomic E-state index is 12.5. The standard InChI is InChI=1S/C14H21F3O4/c1-18-11-13-6-3-2-4-10(13)5-7-12(19-11,20-21-13)8-9-14(15,16)17/h10-11H,2-9H2,1H3/t10-,11?,12+,13+/m0/s1. The number of ether oxygens (including phenoxy) is 2. The normalized spacial score (nSPS) is 43.4. The molecule has 0 aromatic carbocycles. The summed E-state index contributed by atoms with van der Waals surface area (Å²) in [5.41, 5.74) is -0.661. The lowest BCUT2D eigenvalue weighted by Crippen LogP contribution is -2.60. The lowest BCUT2D eigenvalue weighted by Gasteiger charge is -2.49. The second kappa shape index (κ2) is 5.37. The number of alkyl halides is 3. The molecule has 7 heteroatoms. The van der Waals surface area contributed by atoms with E-state index in [0.717, 1.165) is 32.1 Å². The van der Waals surface area contributed by atoms with Crippen LogP contribution in [-0.2, 0) is 19.2 Å². The molecule has 0 aromatic rings. The smallest absolute Gasteiger partial charge is 0.353 e. The highest BCUT2D eigenvalue weighted by molar-refractivity contribution is 4.99. The van der Waals surface area contributed by atoms with Gasteiger partial charge in [0.25, 0.3) is 0 Å². The maximum absolute atomic E-state index is 12.5. The quantitative estimate of drug-likeness (QED) is 0.745. The fourth-order valence-corrected chi connectivity index (χ4v) is 3.86. The first-order valence-electron chi connectivity index (χ1n) is 7.53. The van der Waals surface area contributed by atoms with E-state index < -0.39 is 30.3 Å². The van der Waals surface area contributed by atoms with Gasteiger partial charge in [0.05, 0.1) is 0 Å². The second-order valence-corrected chi connectivity index (χ2v) is 6.31. The van der Waals surface area contributed by atoms with Gasteiger partial charge in [0.1, 0.15) is 0 Å². The van der Waals surface area contributed by atoms with Crippen LogP contribution < -0.4 is 0 Å². The van der Waals surface area contributed by atoms with Gasteiger partial charge in [-0.05, 0) is 25.2 Å². The van der Waals surface area contributed by atoms with Crippen LogP contribution in [0.2, 0.25) is 0 Å². The Morgan fingerprint density at radius 2 is 1.95 bits per heavy atom. The van der Waals surface area contributed by atoms with Crippen LogP contribution in [0.25, 0.3) is 0 Å². The summed E-state index contributed by atoms with van der Waals surface area (Å²) in [6, 6.07) is 0. The Hall–Kier alpha value is -0.370. The van der Waals surface area contributed by atoms with Gasteiger partial charge < -0.3 is 9.47 Å². The van der Waals surface area contributed by atoms with Gasteiger partial charge in [-0.25, -0.2) is 9.78 Å². The first-order valence-corrected chi connectivity index (χ1v) is 7.53. The highest BCUT2D eigenvalue weighted by Gasteiger charge is 2.61. The zero-order chi connectivity index (χ0) is 15.1. The third-order valence-corrected chi connectivity index (χ3v) is 5.01. The van der Waals surface area contributed by atoms with E-state index in [0.29, 0.717) is 6.42 Å². The van der Waals surface area contributed by atoms with Crippen LogP contribution in [0, 0.1) is 5.92 Å². The van der Waals surface area contributed by atoms with Crippen molar-refractivity contribution in [3.8, 4) is 0 Å². The lowest BCUT2D eigenvalue weighted by atomic mass is 9.73. The third kappa shape index (κ3) is 2.81. The van der Waals surface area contributed by atoms with E-state index in [2.05, 4.69) is 0 Å². The van der Waals surface area contributed by atoms with Crippen molar-refractivity contribution in [2.75, 3.05) is 7.11 Å². The van der Waals surface area contributed by atoms with Crippen molar-refractivity contribution >= 4 is 0 Å². The molecule has 1 unspecified atom stereocenters. The lowest BCUT2D eigenvalue weighted by molar-refractivity contribution is -0.553. The van der Waals surface area contributed by atoms with Gasteiger partial charge in [-0.1, -0.05) is 12.8 Å². The summed E-state index contributed by atoms with van der Waals surface area (Å²) in [5.74, 6) is -1.12. The van der Waals surface area contributed by atoms with Crippen LogP contribution in [-0.4, -0.2) is 31.0 Å². The van der Waals surface area contributed by atoms with Gasteiger partial charge in [0, 0.05) is 26.4 Å². The third-order valence-electron chi connectivity index (χ3n) is 5.01. The Labute approximate surface area is 121 Å². The Balaban J connectivity index is 1.81. The van der Waals surface area contributed by atoms with Crippen molar-refractivity contribution in [2.45, 2.75) is 75.2 Å². The zero-order valence-corrected chi connectivity index (χ0v) is 12.1. The van der Waals surface area contributed by atoms with Crippen LogP contribution in [0.15, 0.2) is 0 Å². The number of rotatable bonds is 3. The van der Waals surface area contributed by atoms with Crippen LogP contribution in [0.1, 0.15) is 51.4 Å². The van der Waals surface area contributed by atoms with Gasteiger partial charge in [0.15, 0.2) is 11.9 Å². The first kappa shape index (κ1) is 15.5. The number of hydrogen-bond acceptors (Lipinski definition) is 4. The molecule has 0 N–H and O–H groups in total. The summed E-state index contributed by atoms with van der Waals surface area (Å²) >= 11 is 0. The molecule has 4 fully saturated rings. The van der Waals surface area contributed by atoms with Crippen molar-refractivity contribution in [2.24, 2.45) is 5.92 Å². The highest BCUT2D eigenvalue weighted by Crippen LogP contribution is 2.53. The molecule has 4 aliphatic rings. The van der Waals surface area contributed by atoms with Crippen LogP contribution >= 0.6 is 0 Å². The largest absolute Gasteiger partial charge is 0.389 e. The summed E-state index contributed by atoms with van der Waals surface area (Å²) in [4.78, 5) is 11.0. The minimum atomic E-state index is -4.24. The summed E-state index contributed by atoms with van der Waals surface area (Å²) in [5, 5.41) is 0. The Bertz CT molecular complexity index is 385. The summed E-state index contributed by atoms with van der Waals surface area (Å²) < 4.78 is 48.8. The van der Waals surface area contributed by atoms with E-state index >= 15 is 0 Å². The summed E-state index contributed by atoms with van der Waals surface area (Å²) in [7, 11) is 1.51. The summed E-state index contributed by atoms with van der Waals surface area (Å²) in [6.07, 6.45) is -1.14. The van der Waals surface area contributed by atoms with E-state index in [-0.39, 0.29) is 12.3 Å². The first-order chi connectivity index (χ1) is 9.89. The van der Waals surface area contributed by atoms with E-state index in [1.54, 1.807) is 0 Å². The van der Waals surface area contributed by atoms with E-state index in [1.165, 1.54) is 7.11 Å². The Kier molecular flexibility index (Phi) is 3.97. The SMILES string of the molecule is COC1O[C@]2(CCC(F)(F)F)CC[C@@H]3CCCC[C@]13OO2. The number of hydrogen-bond donors (Lipinski definition) is 0. The molecule has 4 rings (SSSR count). The number of halogens is 3. The molecule has 1 aliphatic carbocycles. The average Bonchev–Trinajstić information content (AvgIpc) is 2.70. The molecule has 2 bridgehead atoms. The molecular formula is C14H21F3O4. The fraction of sp³-hybridized carbons (Fsp3) is 1.00. The monoisotopic (exact) mass is 310 g/mol. The molecule has 4 atom stereocenters. The van der Waals surface area contributed by atoms with E-state index in [4.69, 9.17) is 19.2 Å². The van der Waals surface area contributed by atoms with Crippen LogP contribution in [0.4, 0.5) is 13.2 Å². The topological polar surface area (TPSA) is 36.9 Å². The summed E-state index contributed by atoms with van der Waals surface area (Å²) in [6.45, 7) is 0. The van der Waals surface area contributed by atoms with Gasteiger partial charge >= 0.3 is 6.18 Å². The van der Waals surface area contributed by atoms with Gasteiger partial charge in [-0.3, -0.25) is 0 Å². The van der Waals surface area contributed by atoms with Crippen molar-refractivity contribution in [3.63, 3.8) is 0 Å². The van der Waals surface area contributed by atoms with Gasteiger partial charge in [-0.2, -0.15) is 13.2 Å². The minimum Gasteiger partial charge on any atom is -0.353 e. The molecule has 3 aliphatic heterocycles. The van der Waals surface area contributed by atoms with Crippen molar-refractivity contribution < 1.29 is 32.4 Å². The van der Waals surface area contributed by atoms with Gasteiger partial charge in [0.2, 0.25) is 5.79 Å². The molecule has 1 spiro atoms. The molecule has 122 valence electrons. The van der Waals surface area contributed by atoms with Gasteiger partial charge in [-0.15, -0.1) is 0 Å². The molecule has 3 heterocycles.